The first kappa shape index (κ1) is 23.5. The third-order valence-corrected chi connectivity index (χ3v) is 5.12. The van der Waals surface area contributed by atoms with Gasteiger partial charge in [0, 0.05) is 22.2 Å². The summed E-state index contributed by atoms with van der Waals surface area (Å²) in [4.78, 5) is 8.45. The van der Waals surface area contributed by atoms with E-state index in [2.05, 4.69) is 9.97 Å². The molecule has 5 heteroatoms. The quantitative estimate of drug-likeness (QED) is 0.256. The summed E-state index contributed by atoms with van der Waals surface area (Å²) in [5.41, 5.74) is 5.08. The summed E-state index contributed by atoms with van der Waals surface area (Å²) in [6.07, 6.45) is 0. The van der Waals surface area contributed by atoms with Gasteiger partial charge in [0.25, 0.3) is 0 Å². The number of aromatic nitrogens is 2. The maximum Gasteiger partial charge on any atom is 0.141 e. The molecule has 0 spiro atoms. The molecule has 0 radical (unpaired) electrons. The van der Waals surface area contributed by atoms with Crippen molar-refractivity contribution < 1.29 is 15.3 Å². The second-order valence-electron chi connectivity index (χ2n) is 7.84. The van der Waals surface area contributed by atoms with Crippen LogP contribution in [0.1, 0.15) is 22.5 Å². The standard InChI is InChI=1S/2C10H9NO.C8H10O/c2*1-7-5-6-8-3-2-4-9(12)10(8)11-7;1-6-4-3-5-7(2)8(6)9/h2*2-6,12H,1H3;3-5,9H,1-2H3. The molecule has 0 amide bonds. The smallest absolute Gasteiger partial charge is 0.141 e. The average molecular weight is 441 g/mol. The van der Waals surface area contributed by atoms with Gasteiger partial charge in [-0.25, -0.2) is 9.97 Å². The molecule has 0 aliphatic rings. The average Bonchev–Trinajstić information content (AvgIpc) is 2.80. The summed E-state index contributed by atoms with van der Waals surface area (Å²) in [6.45, 7) is 7.60. The van der Waals surface area contributed by atoms with E-state index in [1.54, 1.807) is 12.1 Å². The van der Waals surface area contributed by atoms with E-state index in [9.17, 15) is 15.3 Å². The molecule has 5 nitrogen and oxygen atoms in total. The number of hydrogen-bond acceptors (Lipinski definition) is 5. The third kappa shape index (κ3) is 5.98. The van der Waals surface area contributed by atoms with E-state index in [0.717, 1.165) is 33.3 Å². The van der Waals surface area contributed by atoms with Crippen LogP contribution in [0.2, 0.25) is 0 Å². The Kier molecular flexibility index (Phi) is 7.46. The Balaban J connectivity index is 0.000000141. The van der Waals surface area contributed by atoms with E-state index in [-0.39, 0.29) is 11.5 Å². The van der Waals surface area contributed by atoms with Gasteiger partial charge in [0.15, 0.2) is 0 Å². The van der Waals surface area contributed by atoms with Gasteiger partial charge in [-0.2, -0.15) is 0 Å². The maximum atomic E-state index is 9.43. The number of rotatable bonds is 0. The number of benzene rings is 3. The predicted molar refractivity (Wildman–Crippen MR) is 134 cm³/mol. The molecule has 33 heavy (non-hydrogen) atoms. The van der Waals surface area contributed by atoms with Crippen LogP contribution < -0.4 is 0 Å². The zero-order chi connectivity index (χ0) is 24.0. The fourth-order valence-electron chi connectivity index (χ4n) is 3.26. The number of phenols is 3. The van der Waals surface area contributed by atoms with Gasteiger partial charge in [0.05, 0.1) is 0 Å². The molecule has 5 aromatic rings. The third-order valence-electron chi connectivity index (χ3n) is 5.12. The van der Waals surface area contributed by atoms with Crippen molar-refractivity contribution in [2.45, 2.75) is 27.7 Å². The minimum atomic E-state index is 0.246. The van der Waals surface area contributed by atoms with Crippen molar-refractivity contribution in [1.82, 2.24) is 9.97 Å². The largest absolute Gasteiger partial charge is 0.507 e. The van der Waals surface area contributed by atoms with Gasteiger partial charge in [-0.15, -0.1) is 0 Å². The summed E-state index contributed by atoms with van der Waals surface area (Å²) in [7, 11) is 0. The lowest BCUT2D eigenvalue weighted by Crippen LogP contribution is -1.82. The SMILES string of the molecule is Cc1ccc2cccc(O)c2n1.Cc1ccc2cccc(O)c2n1.Cc1cccc(C)c1O. The highest BCUT2D eigenvalue weighted by atomic mass is 16.3. The van der Waals surface area contributed by atoms with E-state index in [4.69, 9.17) is 0 Å². The number of nitrogens with zero attached hydrogens (tertiary/aromatic N) is 2. The highest BCUT2D eigenvalue weighted by Crippen LogP contribution is 2.23. The van der Waals surface area contributed by atoms with Crippen LogP contribution in [0.4, 0.5) is 0 Å². The first-order valence-electron chi connectivity index (χ1n) is 10.6. The molecule has 0 saturated carbocycles. The molecule has 0 unspecified atom stereocenters. The van der Waals surface area contributed by atoms with Gasteiger partial charge in [-0.05, 0) is 63.1 Å². The fraction of sp³-hybridized carbons (Fsp3) is 0.143. The molecule has 0 aliphatic heterocycles. The number of aromatic hydroxyl groups is 3. The molecule has 0 atom stereocenters. The van der Waals surface area contributed by atoms with Crippen LogP contribution in [0.5, 0.6) is 17.2 Å². The van der Waals surface area contributed by atoms with Crippen molar-refractivity contribution in [3.63, 3.8) is 0 Å². The van der Waals surface area contributed by atoms with Crippen LogP contribution in [0.15, 0.2) is 78.9 Å². The Labute approximate surface area is 193 Å². The monoisotopic (exact) mass is 440 g/mol. The lowest BCUT2D eigenvalue weighted by Gasteiger charge is -1.99. The molecular weight excluding hydrogens is 412 g/mol. The fourth-order valence-corrected chi connectivity index (χ4v) is 3.26. The van der Waals surface area contributed by atoms with E-state index in [0.29, 0.717) is 16.8 Å². The van der Waals surface area contributed by atoms with Gasteiger partial charge in [0.2, 0.25) is 0 Å². The highest BCUT2D eigenvalue weighted by molar-refractivity contribution is 5.84. The summed E-state index contributed by atoms with van der Waals surface area (Å²) in [5, 5.41) is 30.0. The summed E-state index contributed by atoms with van der Waals surface area (Å²) in [6, 6.07) is 24.3. The van der Waals surface area contributed by atoms with Crippen molar-refractivity contribution in [2.24, 2.45) is 0 Å². The van der Waals surface area contributed by atoms with Crippen LogP contribution in [0.3, 0.4) is 0 Å². The second kappa shape index (κ2) is 10.5. The molecule has 2 heterocycles. The van der Waals surface area contributed by atoms with Crippen LogP contribution in [-0.4, -0.2) is 25.3 Å². The number of phenolic OH excluding ortho intramolecular Hbond substituents is 3. The summed E-state index contributed by atoms with van der Waals surface area (Å²) < 4.78 is 0. The van der Waals surface area contributed by atoms with Crippen molar-refractivity contribution in [3.8, 4) is 17.2 Å². The zero-order valence-electron chi connectivity index (χ0n) is 19.2. The Morgan fingerprint density at radius 1 is 0.485 bits per heavy atom. The number of para-hydroxylation sites is 3. The molecule has 0 fully saturated rings. The van der Waals surface area contributed by atoms with Gasteiger partial charge in [0.1, 0.15) is 28.3 Å². The van der Waals surface area contributed by atoms with E-state index < -0.39 is 0 Å². The molecule has 2 aromatic heterocycles. The molecule has 5 rings (SSSR count). The van der Waals surface area contributed by atoms with Crippen molar-refractivity contribution >= 4 is 21.8 Å². The highest BCUT2D eigenvalue weighted by Gasteiger charge is 2.00. The normalized spacial score (nSPS) is 10.2. The lowest BCUT2D eigenvalue weighted by atomic mass is 10.1. The summed E-state index contributed by atoms with van der Waals surface area (Å²) >= 11 is 0. The van der Waals surface area contributed by atoms with Crippen molar-refractivity contribution in [2.75, 3.05) is 0 Å². The Bertz CT molecular complexity index is 1290. The van der Waals surface area contributed by atoms with Gasteiger partial charge in [-0.1, -0.05) is 54.6 Å². The number of fused-ring (bicyclic) bond motifs is 2. The van der Waals surface area contributed by atoms with Gasteiger partial charge >= 0.3 is 0 Å². The number of hydrogen-bond donors (Lipinski definition) is 3. The Morgan fingerprint density at radius 2 is 0.879 bits per heavy atom. The minimum absolute atomic E-state index is 0.246. The van der Waals surface area contributed by atoms with E-state index >= 15 is 0 Å². The first-order chi connectivity index (χ1) is 15.8. The van der Waals surface area contributed by atoms with Crippen LogP contribution >= 0.6 is 0 Å². The van der Waals surface area contributed by atoms with Gasteiger partial charge < -0.3 is 15.3 Å². The van der Waals surface area contributed by atoms with Crippen molar-refractivity contribution in [3.05, 3.63) is 101 Å². The number of pyridine rings is 2. The van der Waals surface area contributed by atoms with Crippen LogP contribution in [0.25, 0.3) is 21.8 Å². The second-order valence-corrected chi connectivity index (χ2v) is 7.84. The zero-order valence-corrected chi connectivity index (χ0v) is 19.2. The maximum absolute atomic E-state index is 9.43. The Morgan fingerprint density at radius 3 is 1.27 bits per heavy atom. The molecule has 0 aliphatic carbocycles. The first-order valence-corrected chi connectivity index (χ1v) is 10.6. The minimum Gasteiger partial charge on any atom is -0.507 e. The van der Waals surface area contributed by atoms with E-state index in [1.807, 2.05) is 94.4 Å². The predicted octanol–water partition coefficient (Wildman–Crippen LogP) is 6.51. The van der Waals surface area contributed by atoms with Gasteiger partial charge in [-0.3, -0.25) is 0 Å². The molecule has 0 saturated heterocycles. The Hall–Kier alpha value is -4.12. The molecular formula is C28H28N2O3. The number of aryl methyl sites for hydroxylation is 4. The molecule has 3 N–H and O–H groups in total. The molecule has 0 bridgehead atoms. The topological polar surface area (TPSA) is 86.5 Å². The van der Waals surface area contributed by atoms with Crippen LogP contribution in [-0.2, 0) is 0 Å². The lowest BCUT2D eigenvalue weighted by molar-refractivity contribution is 0.467. The van der Waals surface area contributed by atoms with Crippen molar-refractivity contribution in [1.29, 1.82) is 0 Å². The molecule has 168 valence electrons. The van der Waals surface area contributed by atoms with Crippen LogP contribution in [0, 0.1) is 27.7 Å². The molecule has 3 aromatic carbocycles. The summed E-state index contributed by atoms with van der Waals surface area (Å²) in [5.74, 6) is 0.907. The van der Waals surface area contributed by atoms with E-state index in [1.165, 1.54) is 0 Å².